The summed E-state index contributed by atoms with van der Waals surface area (Å²) in [5, 5.41) is 8.14. The molecule has 0 aliphatic carbocycles. The highest BCUT2D eigenvalue weighted by Crippen LogP contribution is 2.30. The normalized spacial score (nSPS) is 19.0. The molecule has 0 spiro atoms. The van der Waals surface area contributed by atoms with Crippen molar-refractivity contribution in [1.82, 2.24) is 15.0 Å². The van der Waals surface area contributed by atoms with Crippen molar-refractivity contribution < 1.29 is 9.13 Å². The van der Waals surface area contributed by atoms with Crippen molar-refractivity contribution >= 4 is 15.9 Å². The van der Waals surface area contributed by atoms with Crippen LogP contribution in [0.3, 0.4) is 0 Å². The standard InChI is InChI=1S/C13H13BrFN3O/c1-8(14)12-7-18(17-16-12)6-11-5-9-4-10(15)2-3-13(9)19-11/h2-4,7-8,11H,5-6H2,1H3. The van der Waals surface area contributed by atoms with Gasteiger partial charge in [-0.3, -0.25) is 0 Å². The lowest BCUT2D eigenvalue weighted by Crippen LogP contribution is -2.21. The molecule has 0 bridgehead atoms. The SMILES string of the molecule is CC(Br)c1cn(CC2Cc3cc(F)ccc3O2)nn1. The number of fused-ring (bicyclic) bond motifs is 1. The van der Waals surface area contributed by atoms with Crippen LogP contribution < -0.4 is 4.74 Å². The summed E-state index contributed by atoms with van der Waals surface area (Å²) in [7, 11) is 0. The van der Waals surface area contributed by atoms with E-state index in [1.165, 1.54) is 12.1 Å². The van der Waals surface area contributed by atoms with Crippen LogP contribution in [0, 0.1) is 5.82 Å². The van der Waals surface area contributed by atoms with Crippen LogP contribution in [-0.2, 0) is 13.0 Å². The quantitative estimate of drug-likeness (QED) is 0.815. The van der Waals surface area contributed by atoms with Crippen LogP contribution in [0.2, 0.25) is 0 Å². The van der Waals surface area contributed by atoms with Crippen LogP contribution in [0.25, 0.3) is 0 Å². The van der Waals surface area contributed by atoms with E-state index in [0.29, 0.717) is 13.0 Å². The molecule has 1 aromatic heterocycles. The van der Waals surface area contributed by atoms with Gasteiger partial charge < -0.3 is 4.74 Å². The molecule has 0 N–H and O–H groups in total. The second kappa shape index (κ2) is 4.92. The van der Waals surface area contributed by atoms with E-state index in [1.807, 2.05) is 13.1 Å². The Kier molecular flexibility index (Phi) is 3.26. The molecule has 4 nitrogen and oxygen atoms in total. The predicted octanol–water partition coefficient (Wildman–Crippen LogP) is 2.88. The number of nitrogens with zero attached hydrogens (tertiary/aromatic N) is 3. The van der Waals surface area contributed by atoms with Crippen molar-refractivity contribution in [2.45, 2.75) is 30.8 Å². The van der Waals surface area contributed by atoms with E-state index >= 15 is 0 Å². The smallest absolute Gasteiger partial charge is 0.123 e. The number of alkyl halides is 1. The minimum atomic E-state index is -0.223. The Morgan fingerprint density at radius 2 is 2.42 bits per heavy atom. The van der Waals surface area contributed by atoms with E-state index < -0.39 is 0 Å². The second-order valence-corrected chi connectivity index (χ2v) is 6.05. The number of aromatic nitrogens is 3. The highest BCUT2D eigenvalue weighted by molar-refractivity contribution is 9.09. The Morgan fingerprint density at radius 3 is 3.16 bits per heavy atom. The molecule has 0 saturated heterocycles. The van der Waals surface area contributed by atoms with Crippen LogP contribution in [0.4, 0.5) is 4.39 Å². The monoisotopic (exact) mass is 325 g/mol. The number of ether oxygens (including phenoxy) is 1. The first kappa shape index (κ1) is 12.6. The van der Waals surface area contributed by atoms with Crippen molar-refractivity contribution in [1.29, 1.82) is 0 Å². The lowest BCUT2D eigenvalue weighted by molar-refractivity contribution is 0.202. The number of rotatable bonds is 3. The van der Waals surface area contributed by atoms with Gasteiger partial charge in [0.25, 0.3) is 0 Å². The van der Waals surface area contributed by atoms with E-state index in [4.69, 9.17) is 4.74 Å². The fourth-order valence-corrected chi connectivity index (χ4v) is 2.39. The highest BCUT2D eigenvalue weighted by atomic mass is 79.9. The molecule has 1 aromatic carbocycles. The molecule has 3 rings (SSSR count). The van der Waals surface area contributed by atoms with Gasteiger partial charge in [0.15, 0.2) is 0 Å². The molecule has 0 fully saturated rings. The molecule has 0 radical (unpaired) electrons. The summed E-state index contributed by atoms with van der Waals surface area (Å²) in [6.45, 7) is 2.61. The molecule has 1 aliphatic heterocycles. The molecule has 0 amide bonds. The summed E-state index contributed by atoms with van der Waals surface area (Å²) in [5.41, 5.74) is 1.81. The van der Waals surface area contributed by atoms with Crippen LogP contribution in [0.15, 0.2) is 24.4 Å². The average molecular weight is 326 g/mol. The maximum absolute atomic E-state index is 13.1. The third-order valence-corrected chi connectivity index (χ3v) is 3.59. The predicted molar refractivity (Wildman–Crippen MR) is 71.9 cm³/mol. The third kappa shape index (κ3) is 2.63. The van der Waals surface area contributed by atoms with Gasteiger partial charge in [0.1, 0.15) is 17.7 Å². The van der Waals surface area contributed by atoms with E-state index in [0.717, 1.165) is 17.0 Å². The Balaban J connectivity index is 1.69. The summed E-state index contributed by atoms with van der Waals surface area (Å²) in [4.78, 5) is 0.178. The maximum Gasteiger partial charge on any atom is 0.123 e. The van der Waals surface area contributed by atoms with Gasteiger partial charge >= 0.3 is 0 Å². The molecule has 0 saturated carbocycles. The van der Waals surface area contributed by atoms with Gasteiger partial charge in [0.05, 0.1) is 17.1 Å². The zero-order chi connectivity index (χ0) is 13.4. The molecule has 6 heteroatoms. The van der Waals surface area contributed by atoms with Crippen LogP contribution in [-0.4, -0.2) is 21.1 Å². The molecule has 100 valence electrons. The van der Waals surface area contributed by atoms with Crippen molar-refractivity contribution in [2.24, 2.45) is 0 Å². The molecule has 2 atom stereocenters. The highest BCUT2D eigenvalue weighted by Gasteiger charge is 2.24. The molecule has 2 aromatic rings. The van der Waals surface area contributed by atoms with Gasteiger partial charge in [-0.05, 0) is 25.1 Å². The fraction of sp³-hybridized carbons (Fsp3) is 0.385. The molecule has 19 heavy (non-hydrogen) atoms. The Hall–Kier alpha value is -1.43. The average Bonchev–Trinajstić information content (AvgIpc) is 2.95. The van der Waals surface area contributed by atoms with Gasteiger partial charge in [0, 0.05) is 18.2 Å². The number of hydrogen-bond acceptors (Lipinski definition) is 3. The molecule has 2 heterocycles. The van der Waals surface area contributed by atoms with Crippen molar-refractivity contribution in [3.8, 4) is 5.75 Å². The van der Waals surface area contributed by atoms with Gasteiger partial charge in [-0.2, -0.15) is 0 Å². The topological polar surface area (TPSA) is 39.9 Å². The van der Waals surface area contributed by atoms with E-state index in [1.54, 1.807) is 10.7 Å². The van der Waals surface area contributed by atoms with Gasteiger partial charge in [-0.1, -0.05) is 21.1 Å². The number of benzene rings is 1. The Morgan fingerprint density at radius 1 is 1.58 bits per heavy atom. The molecular formula is C13H13BrFN3O. The van der Waals surface area contributed by atoms with Gasteiger partial charge in [0.2, 0.25) is 0 Å². The lowest BCUT2D eigenvalue weighted by Gasteiger charge is -2.09. The summed E-state index contributed by atoms with van der Waals surface area (Å²) < 4.78 is 20.7. The molecular weight excluding hydrogens is 313 g/mol. The zero-order valence-corrected chi connectivity index (χ0v) is 12.0. The number of hydrogen-bond donors (Lipinski definition) is 0. The van der Waals surface area contributed by atoms with E-state index in [9.17, 15) is 4.39 Å². The largest absolute Gasteiger partial charge is 0.488 e. The van der Waals surface area contributed by atoms with Gasteiger partial charge in [-0.15, -0.1) is 5.10 Å². The van der Waals surface area contributed by atoms with Gasteiger partial charge in [-0.25, -0.2) is 9.07 Å². The minimum Gasteiger partial charge on any atom is -0.488 e. The first-order chi connectivity index (χ1) is 9.11. The second-order valence-electron chi connectivity index (χ2n) is 4.68. The zero-order valence-electron chi connectivity index (χ0n) is 10.4. The number of halogens is 2. The fourth-order valence-electron chi connectivity index (χ4n) is 2.18. The minimum absolute atomic E-state index is 0.0167. The van der Waals surface area contributed by atoms with Crippen LogP contribution in [0.5, 0.6) is 5.75 Å². The Labute approximate surface area is 118 Å². The summed E-state index contributed by atoms with van der Waals surface area (Å²) in [6, 6.07) is 4.63. The first-order valence-electron chi connectivity index (χ1n) is 6.11. The summed E-state index contributed by atoms with van der Waals surface area (Å²) in [6.07, 6.45) is 2.58. The van der Waals surface area contributed by atoms with Crippen molar-refractivity contribution in [3.63, 3.8) is 0 Å². The van der Waals surface area contributed by atoms with Crippen LogP contribution in [0.1, 0.15) is 23.0 Å². The molecule has 1 aliphatic rings. The van der Waals surface area contributed by atoms with E-state index in [-0.39, 0.29) is 16.7 Å². The summed E-state index contributed by atoms with van der Waals surface area (Å²) in [5.74, 6) is 0.541. The van der Waals surface area contributed by atoms with Crippen molar-refractivity contribution in [2.75, 3.05) is 0 Å². The Bertz CT molecular complexity index is 599. The van der Waals surface area contributed by atoms with Crippen LogP contribution >= 0.6 is 15.9 Å². The first-order valence-corrected chi connectivity index (χ1v) is 7.02. The van der Waals surface area contributed by atoms with Crippen molar-refractivity contribution in [3.05, 3.63) is 41.5 Å². The van der Waals surface area contributed by atoms with E-state index in [2.05, 4.69) is 26.2 Å². The summed E-state index contributed by atoms with van der Waals surface area (Å²) >= 11 is 3.45. The third-order valence-electron chi connectivity index (χ3n) is 3.12. The lowest BCUT2D eigenvalue weighted by atomic mass is 10.1. The maximum atomic E-state index is 13.1. The molecule has 2 unspecified atom stereocenters.